The molecule has 2 aromatic rings. The third-order valence-electron chi connectivity index (χ3n) is 5.12. The largest absolute Gasteiger partial charge is 0.363 e. The first-order valence-electron chi connectivity index (χ1n) is 9.53. The summed E-state index contributed by atoms with van der Waals surface area (Å²) >= 11 is 0. The third kappa shape index (κ3) is 4.59. The Hall–Kier alpha value is -2.46. The van der Waals surface area contributed by atoms with Gasteiger partial charge in [-0.15, -0.1) is 0 Å². The molecule has 0 unspecified atom stereocenters. The first-order chi connectivity index (χ1) is 13.7. The highest BCUT2D eigenvalue weighted by Gasteiger charge is 2.35. The van der Waals surface area contributed by atoms with Crippen LogP contribution in [-0.4, -0.2) is 56.0 Å². The number of carbonyl (C=O) groups excluding carboxylic acids is 1. The molecule has 1 fully saturated rings. The summed E-state index contributed by atoms with van der Waals surface area (Å²) in [6.07, 6.45) is 2.70. The Morgan fingerprint density at radius 2 is 1.97 bits per heavy atom. The van der Waals surface area contributed by atoms with Crippen LogP contribution in [0.2, 0.25) is 0 Å². The molecule has 2 aromatic heterocycles. The van der Waals surface area contributed by atoms with Crippen molar-refractivity contribution < 1.29 is 17.7 Å². The van der Waals surface area contributed by atoms with Crippen LogP contribution in [0.15, 0.2) is 27.7 Å². The predicted octanol–water partition coefficient (Wildman–Crippen LogP) is 1.47. The molecule has 0 saturated carbocycles. The van der Waals surface area contributed by atoms with Crippen molar-refractivity contribution in [2.75, 3.05) is 32.1 Å². The first-order valence-corrected chi connectivity index (χ1v) is 11.0. The zero-order valence-corrected chi connectivity index (χ0v) is 18.0. The minimum Gasteiger partial charge on any atom is -0.363 e. The molecule has 10 heteroatoms. The molecule has 29 heavy (non-hydrogen) atoms. The number of pyridine rings is 1. The Labute approximate surface area is 171 Å². The van der Waals surface area contributed by atoms with Crippen LogP contribution in [0.4, 0.5) is 5.82 Å². The van der Waals surface area contributed by atoms with Crippen LogP contribution in [0.5, 0.6) is 0 Å². The number of sulfonamides is 1. The highest BCUT2D eigenvalue weighted by Crippen LogP contribution is 2.27. The highest BCUT2D eigenvalue weighted by atomic mass is 32.2. The van der Waals surface area contributed by atoms with E-state index in [1.807, 2.05) is 31.1 Å². The number of aryl methyl sites for hydroxylation is 2. The first kappa shape index (κ1) is 21.3. The molecular weight excluding hydrogens is 394 g/mol. The van der Waals surface area contributed by atoms with Crippen LogP contribution in [0.25, 0.3) is 0 Å². The molecule has 0 aromatic carbocycles. The molecular formula is C19H27N5O4S. The molecule has 9 nitrogen and oxygen atoms in total. The molecule has 3 heterocycles. The van der Waals surface area contributed by atoms with Crippen molar-refractivity contribution in [3.63, 3.8) is 0 Å². The van der Waals surface area contributed by atoms with Crippen molar-refractivity contribution in [2.45, 2.75) is 38.1 Å². The molecule has 0 spiro atoms. The SMILES string of the molecule is Cc1noc(C)c1S(=O)(=O)N1CCC(C(=O)NCc2ccc(N(C)C)nc2)CC1. The quantitative estimate of drug-likeness (QED) is 0.752. The van der Waals surface area contributed by atoms with Crippen LogP contribution in [0.1, 0.15) is 29.9 Å². The van der Waals surface area contributed by atoms with Crippen LogP contribution >= 0.6 is 0 Å². The second kappa shape index (κ2) is 8.50. The number of rotatable bonds is 6. The zero-order chi connectivity index (χ0) is 21.2. The van der Waals surface area contributed by atoms with E-state index in [2.05, 4.69) is 15.5 Å². The van der Waals surface area contributed by atoms with Crippen molar-refractivity contribution in [3.8, 4) is 0 Å². The van der Waals surface area contributed by atoms with E-state index in [1.54, 1.807) is 20.0 Å². The number of hydrogen-bond donors (Lipinski definition) is 1. The Bertz CT molecular complexity index is 941. The summed E-state index contributed by atoms with van der Waals surface area (Å²) in [6, 6.07) is 3.83. The number of hydrogen-bond acceptors (Lipinski definition) is 7. The topological polar surface area (TPSA) is 109 Å². The lowest BCUT2D eigenvalue weighted by Crippen LogP contribution is -2.43. The van der Waals surface area contributed by atoms with E-state index in [-0.39, 0.29) is 22.5 Å². The number of aromatic nitrogens is 2. The van der Waals surface area contributed by atoms with E-state index in [1.165, 1.54) is 4.31 Å². The van der Waals surface area contributed by atoms with Crippen molar-refractivity contribution in [2.24, 2.45) is 5.92 Å². The van der Waals surface area contributed by atoms with Gasteiger partial charge in [0, 0.05) is 45.8 Å². The lowest BCUT2D eigenvalue weighted by molar-refractivity contribution is -0.126. The van der Waals surface area contributed by atoms with E-state index >= 15 is 0 Å². The summed E-state index contributed by atoms with van der Waals surface area (Å²) in [7, 11) is 0.175. The van der Waals surface area contributed by atoms with E-state index in [0.717, 1.165) is 11.4 Å². The molecule has 1 amide bonds. The average Bonchev–Trinajstić information content (AvgIpc) is 3.05. The van der Waals surface area contributed by atoms with Crippen molar-refractivity contribution in [1.29, 1.82) is 0 Å². The van der Waals surface area contributed by atoms with E-state index < -0.39 is 10.0 Å². The fourth-order valence-electron chi connectivity index (χ4n) is 3.45. The van der Waals surface area contributed by atoms with Crippen molar-refractivity contribution in [3.05, 3.63) is 35.3 Å². The maximum Gasteiger partial charge on any atom is 0.248 e. The summed E-state index contributed by atoms with van der Waals surface area (Å²) in [5.74, 6) is 0.874. The maximum atomic E-state index is 12.9. The maximum absolute atomic E-state index is 12.9. The number of amides is 1. The molecule has 1 saturated heterocycles. The summed E-state index contributed by atoms with van der Waals surface area (Å²) in [6.45, 7) is 4.20. The van der Waals surface area contributed by atoms with Crippen LogP contribution in [-0.2, 0) is 21.4 Å². The van der Waals surface area contributed by atoms with Gasteiger partial charge in [0.05, 0.1) is 0 Å². The fourth-order valence-corrected chi connectivity index (χ4v) is 5.21. The molecule has 158 valence electrons. The van der Waals surface area contributed by atoms with Crippen LogP contribution in [0.3, 0.4) is 0 Å². The predicted molar refractivity (Wildman–Crippen MR) is 108 cm³/mol. The van der Waals surface area contributed by atoms with Gasteiger partial charge in [0.1, 0.15) is 16.4 Å². The monoisotopic (exact) mass is 421 g/mol. The lowest BCUT2D eigenvalue weighted by Gasteiger charge is -2.30. The van der Waals surface area contributed by atoms with Gasteiger partial charge in [-0.1, -0.05) is 11.2 Å². The smallest absolute Gasteiger partial charge is 0.248 e. The van der Waals surface area contributed by atoms with Crippen LogP contribution in [0, 0.1) is 19.8 Å². The standard InChI is InChI=1S/C19H27N5O4S/c1-13-18(14(2)28-22-13)29(26,27)24-9-7-16(8-10-24)19(25)21-12-15-5-6-17(20-11-15)23(3)4/h5-6,11,16H,7-10,12H2,1-4H3,(H,21,25). The van der Waals surface area contributed by atoms with Crippen molar-refractivity contribution in [1.82, 2.24) is 19.8 Å². The summed E-state index contributed by atoms with van der Waals surface area (Å²) in [4.78, 5) is 18.9. The minimum absolute atomic E-state index is 0.0592. The van der Waals surface area contributed by atoms with Gasteiger partial charge in [0.25, 0.3) is 0 Å². The second-order valence-electron chi connectivity index (χ2n) is 7.47. The zero-order valence-electron chi connectivity index (χ0n) is 17.2. The fraction of sp³-hybridized carbons (Fsp3) is 0.526. The molecule has 1 aliphatic heterocycles. The minimum atomic E-state index is -3.66. The molecule has 0 radical (unpaired) electrons. The summed E-state index contributed by atoms with van der Waals surface area (Å²) < 4.78 is 32.1. The Morgan fingerprint density at radius 1 is 1.28 bits per heavy atom. The van der Waals surface area contributed by atoms with Gasteiger partial charge in [0.2, 0.25) is 15.9 Å². The highest BCUT2D eigenvalue weighted by molar-refractivity contribution is 7.89. The summed E-state index contributed by atoms with van der Waals surface area (Å²) in [5.41, 5.74) is 1.28. The number of piperidine rings is 1. The van der Waals surface area contributed by atoms with Gasteiger partial charge in [-0.05, 0) is 38.3 Å². The molecule has 0 aliphatic carbocycles. The third-order valence-corrected chi connectivity index (χ3v) is 7.27. The molecule has 0 atom stereocenters. The average molecular weight is 422 g/mol. The second-order valence-corrected chi connectivity index (χ2v) is 9.34. The molecule has 3 rings (SSSR count). The van der Waals surface area contributed by atoms with E-state index in [0.29, 0.717) is 38.2 Å². The number of nitrogens with zero attached hydrogens (tertiary/aromatic N) is 4. The Balaban J connectivity index is 1.54. The Kier molecular flexibility index (Phi) is 6.23. The van der Waals surface area contributed by atoms with Gasteiger partial charge in [-0.2, -0.15) is 4.31 Å². The molecule has 0 bridgehead atoms. The van der Waals surface area contributed by atoms with Crippen molar-refractivity contribution >= 4 is 21.7 Å². The van der Waals surface area contributed by atoms with Crippen LogP contribution < -0.4 is 10.2 Å². The van der Waals surface area contributed by atoms with Gasteiger partial charge < -0.3 is 14.7 Å². The lowest BCUT2D eigenvalue weighted by atomic mass is 9.97. The number of nitrogens with one attached hydrogen (secondary N) is 1. The van der Waals surface area contributed by atoms with Gasteiger partial charge >= 0.3 is 0 Å². The number of anilines is 1. The van der Waals surface area contributed by atoms with E-state index in [9.17, 15) is 13.2 Å². The van der Waals surface area contributed by atoms with Gasteiger partial charge in [-0.3, -0.25) is 4.79 Å². The molecule has 1 N–H and O–H groups in total. The summed E-state index contributed by atoms with van der Waals surface area (Å²) in [5, 5.41) is 6.67. The number of carbonyl (C=O) groups is 1. The van der Waals surface area contributed by atoms with Gasteiger partial charge in [0.15, 0.2) is 5.76 Å². The normalized spacial score (nSPS) is 16.0. The Morgan fingerprint density at radius 3 is 2.48 bits per heavy atom. The van der Waals surface area contributed by atoms with Gasteiger partial charge in [-0.25, -0.2) is 13.4 Å². The van der Waals surface area contributed by atoms with E-state index in [4.69, 9.17) is 4.52 Å². The molecule has 1 aliphatic rings.